The highest BCUT2D eigenvalue weighted by atomic mass is 32.1. The van der Waals surface area contributed by atoms with E-state index in [-0.39, 0.29) is 53.7 Å². The molecule has 202 valence electrons. The van der Waals surface area contributed by atoms with Gasteiger partial charge in [0.05, 0.1) is 35.9 Å². The minimum Gasteiger partial charge on any atom is -0.481 e. The van der Waals surface area contributed by atoms with E-state index in [1.165, 1.54) is 18.5 Å². The lowest BCUT2D eigenvalue weighted by Gasteiger charge is -2.38. The first-order valence-electron chi connectivity index (χ1n) is 11.2. The van der Waals surface area contributed by atoms with Crippen LogP contribution in [0.3, 0.4) is 0 Å². The van der Waals surface area contributed by atoms with Gasteiger partial charge in [0, 0.05) is 11.8 Å². The summed E-state index contributed by atoms with van der Waals surface area (Å²) in [6, 6.07) is 2.92. The molecule has 1 saturated heterocycles. The number of carbonyl (C=O) groups is 2. The van der Waals surface area contributed by atoms with Crippen molar-refractivity contribution in [1.82, 2.24) is 19.2 Å². The summed E-state index contributed by atoms with van der Waals surface area (Å²) >= 11 is 0.941. The first-order valence-corrected chi connectivity index (χ1v) is 12.0. The Morgan fingerprint density at radius 3 is 2.42 bits per heavy atom. The van der Waals surface area contributed by atoms with Gasteiger partial charge in [-0.05, 0) is 56.5 Å². The second-order valence-corrected chi connectivity index (χ2v) is 9.52. The fourth-order valence-corrected chi connectivity index (χ4v) is 4.97. The van der Waals surface area contributed by atoms with Gasteiger partial charge in [0.2, 0.25) is 0 Å². The molecule has 0 saturated carbocycles. The predicted octanol–water partition coefficient (Wildman–Crippen LogP) is 4.50. The van der Waals surface area contributed by atoms with Crippen molar-refractivity contribution in [2.75, 3.05) is 30.3 Å². The molecule has 0 atom stereocenters. The van der Waals surface area contributed by atoms with Crippen LogP contribution in [-0.4, -0.2) is 62.0 Å². The predicted molar refractivity (Wildman–Crippen MR) is 128 cm³/mol. The van der Waals surface area contributed by atoms with Crippen molar-refractivity contribution in [3.05, 3.63) is 59.2 Å². The largest absolute Gasteiger partial charge is 0.481 e. The van der Waals surface area contributed by atoms with Crippen LogP contribution in [0.4, 0.5) is 38.5 Å². The van der Waals surface area contributed by atoms with Crippen LogP contribution >= 0.6 is 11.5 Å². The first kappa shape index (κ1) is 27.3. The maximum atomic E-state index is 13.5. The van der Waals surface area contributed by atoms with Gasteiger partial charge in [0.1, 0.15) is 16.2 Å². The van der Waals surface area contributed by atoms with E-state index in [1.54, 1.807) is 6.92 Å². The number of nitrogens with one attached hydrogen (secondary N) is 2. The van der Waals surface area contributed by atoms with E-state index in [0.29, 0.717) is 5.69 Å². The van der Waals surface area contributed by atoms with Crippen molar-refractivity contribution in [3.63, 3.8) is 0 Å². The van der Waals surface area contributed by atoms with Crippen molar-refractivity contribution >= 4 is 39.9 Å². The van der Waals surface area contributed by atoms with Crippen LogP contribution in [-0.2, 0) is 10.2 Å². The summed E-state index contributed by atoms with van der Waals surface area (Å²) in [7, 11) is 0. The molecule has 4 rings (SSSR count). The van der Waals surface area contributed by atoms with Gasteiger partial charge in [-0.15, -0.1) is 0 Å². The minimum atomic E-state index is -4.38. The third kappa shape index (κ3) is 5.88. The van der Waals surface area contributed by atoms with Crippen molar-refractivity contribution in [2.24, 2.45) is 0 Å². The molecule has 38 heavy (non-hydrogen) atoms. The minimum absolute atomic E-state index is 0.0369. The van der Waals surface area contributed by atoms with Crippen molar-refractivity contribution in [2.45, 2.75) is 31.4 Å². The highest BCUT2D eigenvalue weighted by molar-refractivity contribution is 7.10. The van der Waals surface area contributed by atoms with Gasteiger partial charge in [-0.1, -0.05) is 0 Å². The quantitative estimate of drug-likeness (QED) is 0.364. The van der Waals surface area contributed by atoms with E-state index in [4.69, 9.17) is 0 Å². The molecular formula is C23H21F5N6O3S. The normalized spacial score (nSPS) is 15.7. The number of likely N-dealkylation sites (tertiary alicyclic amines) is 1. The van der Waals surface area contributed by atoms with Crippen molar-refractivity contribution in [3.8, 4) is 0 Å². The van der Waals surface area contributed by atoms with E-state index in [9.17, 15) is 36.6 Å². The molecule has 0 bridgehead atoms. The van der Waals surface area contributed by atoms with Gasteiger partial charge in [-0.2, -0.15) is 17.5 Å². The Kier molecular flexibility index (Phi) is 7.60. The molecule has 3 heterocycles. The molecule has 0 unspecified atom stereocenters. The average Bonchev–Trinajstić information content (AvgIpc) is 3.21. The molecule has 1 aliphatic rings. The smallest absolute Gasteiger partial charge is 0.401 e. The lowest BCUT2D eigenvalue weighted by Crippen LogP contribution is -2.49. The van der Waals surface area contributed by atoms with Crippen molar-refractivity contribution < 1.29 is 36.6 Å². The maximum absolute atomic E-state index is 13.5. The summed E-state index contributed by atoms with van der Waals surface area (Å²) in [6.07, 6.45) is -2.01. The van der Waals surface area contributed by atoms with Gasteiger partial charge in [-0.3, -0.25) is 19.5 Å². The Hall–Kier alpha value is -3.72. The molecule has 1 amide bonds. The summed E-state index contributed by atoms with van der Waals surface area (Å²) in [5.41, 5.74) is -0.847. The Bertz CT molecular complexity index is 1340. The summed E-state index contributed by atoms with van der Waals surface area (Å²) in [4.78, 5) is 34.5. The topological polar surface area (TPSA) is 120 Å². The monoisotopic (exact) mass is 556 g/mol. The number of hydrogen-bond acceptors (Lipinski definition) is 8. The summed E-state index contributed by atoms with van der Waals surface area (Å²) < 4.78 is 69.0. The SMILES string of the molecule is Cc1nsc(Nc2cnc(C3(C(=O)O)CCN(CC(F)(F)F)CC3)cn2)c1C(=O)Nc1ccc(F)c(F)c1. The number of amides is 1. The number of carboxylic acid groups (broad SMARTS) is 1. The van der Waals surface area contributed by atoms with Crippen LogP contribution in [0, 0.1) is 18.6 Å². The molecular weight excluding hydrogens is 535 g/mol. The molecule has 15 heteroatoms. The Balaban J connectivity index is 1.49. The van der Waals surface area contributed by atoms with Crippen LogP contribution < -0.4 is 10.6 Å². The zero-order chi connectivity index (χ0) is 27.7. The third-order valence-electron chi connectivity index (χ3n) is 6.17. The van der Waals surface area contributed by atoms with Crippen LogP contribution in [0.5, 0.6) is 0 Å². The maximum Gasteiger partial charge on any atom is 0.401 e. The number of carbonyl (C=O) groups excluding carboxylic acids is 1. The number of benzene rings is 1. The lowest BCUT2D eigenvalue weighted by molar-refractivity contribution is -0.155. The molecule has 2 aromatic heterocycles. The molecule has 3 aromatic rings. The second kappa shape index (κ2) is 10.6. The zero-order valence-electron chi connectivity index (χ0n) is 19.8. The van der Waals surface area contributed by atoms with Gasteiger partial charge < -0.3 is 15.7 Å². The molecule has 1 aliphatic heterocycles. The van der Waals surface area contributed by atoms with Gasteiger partial charge in [0.25, 0.3) is 5.91 Å². The molecule has 0 aliphatic carbocycles. The standard InChI is InChI=1S/C23H21F5N6O3S/c1-12-18(19(35)31-13-2-3-14(24)15(25)8-13)20(38-33-12)32-17-10-29-16(9-30-17)22(21(36)37)4-6-34(7-5-22)11-23(26,27)28/h2-3,8-10H,4-7,11H2,1H3,(H,30,32)(H,31,35)(H,36,37). The van der Waals surface area contributed by atoms with Crippen molar-refractivity contribution in [1.29, 1.82) is 0 Å². The van der Waals surface area contributed by atoms with E-state index in [1.807, 2.05) is 0 Å². The highest BCUT2D eigenvalue weighted by Gasteiger charge is 2.46. The number of aryl methyl sites for hydroxylation is 1. The number of carboxylic acids is 1. The number of anilines is 3. The fourth-order valence-electron chi connectivity index (χ4n) is 4.17. The van der Waals surface area contributed by atoms with E-state index in [0.717, 1.165) is 28.6 Å². The number of halogens is 5. The molecule has 1 fully saturated rings. The van der Waals surface area contributed by atoms with E-state index < -0.39 is 41.6 Å². The van der Waals surface area contributed by atoms with E-state index >= 15 is 0 Å². The zero-order valence-corrected chi connectivity index (χ0v) is 20.6. The first-order chi connectivity index (χ1) is 17.9. The van der Waals surface area contributed by atoms with Crippen LogP contribution in [0.1, 0.15) is 34.6 Å². The molecule has 3 N–H and O–H groups in total. The van der Waals surface area contributed by atoms with E-state index in [2.05, 4.69) is 25.0 Å². The fraction of sp³-hybridized carbons (Fsp3) is 0.348. The molecule has 1 aromatic carbocycles. The number of aromatic nitrogens is 3. The van der Waals surface area contributed by atoms with Gasteiger partial charge >= 0.3 is 12.1 Å². The number of nitrogens with zero attached hydrogens (tertiary/aromatic N) is 4. The average molecular weight is 557 g/mol. The van der Waals surface area contributed by atoms with Gasteiger partial charge in [-0.25, -0.2) is 13.8 Å². The van der Waals surface area contributed by atoms with Gasteiger partial charge in [0.15, 0.2) is 11.6 Å². The number of aliphatic carboxylic acids is 1. The number of alkyl halides is 3. The lowest BCUT2D eigenvalue weighted by atomic mass is 9.75. The molecule has 0 radical (unpaired) electrons. The second-order valence-electron chi connectivity index (χ2n) is 8.75. The number of piperidine rings is 1. The highest BCUT2D eigenvalue weighted by Crippen LogP contribution is 2.36. The van der Waals surface area contributed by atoms with Crippen LogP contribution in [0.2, 0.25) is 0 Å². The van der Waals surface area contributed by atoms with Crippen LogP contribution in [0.15, 0.2) is 30.6 Å². The van der Waals surface area contributed by atoms with Crippen LogP contribution in [0.25, 0.3) is 0 Å². The summed E-state index contributed by atoms with van der Waals surface area (Å²) in [5, 5.41) is 15.5. The Morgan fingerprint density at radius 2 is 1.84 bits per heavy atom. The third-order valence-corrected chi connectivity index (χ3v) is 7.03. The summed E-state index contributed by atoms with van der Waals surface area (Å²) in [6.45, 7) is 0.337. The Labute approximate surface area is 216 Å². The summed E-state index contributed by atoms with van der Waals surface area (Å²) in [5.74, 6) is -3.85. The number of hydrogen-bond donors (Lipinski definition) is 3. The Morgan fingerprint density at radius 1 is 1.13 bits per heavy atom. The number of rotatable bonds is 7. The molecule has 0 spiro atoms. The molecule has 9 nitrogen and oxygen atoms in total.